The molecule has 4 nitrogen and oxygen atoms in total. The fraction of sp³-hybridized carbons (Fsp3) is 0.200. The molecule has 62 valence electrons. The lowest BCUT2D eigenvalue weighted by molar-refractivity contribution is 0.282. The van der Waals surface area contributed by atoms with E-state index in [-0.39, 0.29) is 11.5 Å². The molecule has 11 heavy (non-hydrogen) atoms. The van der Waals surface area contributed by atoms with E-state index in [0.717, 1.165) is 0 Å². The highest BCUT2D eigenvalue weighted by molar-refractivity contribution is 7.89. The molecule has 3 N–H and O–H groups in total. The Morgan fingerprint density at radius 1 is 1.64 bits per heavy atom. The predicted molar refractivity (Wildman–Crippen MR) is 41.6 cm³/mol. The molecular formula is C5H7NO3S2. The van der Waals surface area contributed by atoms with E-state index in [1.807, 2.05) is 0 Å². The van der Waals surface area contributed by atoms with Gasteiger partial charge in [0.15, 0.2) is 0 Å². The minimum Gasteiger partial charge on any atom is -0.391 e. The van der Waals surface area contributed by atoms with Gasteiger partial charge in [-0.25, -0.2) is 13.6 Å². The number of hydrogen-bond acceptors (Lipinski definition) is 4. The maximum Gasteiger partial charge on any atom is 0.239 e. The summed E-state index contributed by atoms with van der Waals surface area (Å²) < 4.78 is 21.5. The zero-order valence-corrected chi connectivity index (χ0v) is 7.15. The van der Waals surface area contributed by atoms with E-state index in [1.54, 1.807) is 5.38 Å². The summed E-state index contributed by atoms with van der Waals surface area (Å²) >= 11 is 1.17. The van der Waals surface area contributed by atoms with Crippen LogP contribution in [-0.2, 0) is 16.6 Å². The molecule has 0 aliphatic rings. The van der Waals surface area contributed by atoms with Crippen LogP contribution >= 0.6 is 11.3 Å². The standard InChI is InChI=1S/C5H7NO3S2/c6-11(8,9)5-1-2-10-4(5)3-7/h1-2,7H,3H2,(H2,6,8,9). The smallest absolute Gasteiger partial charge is 0.239 e. The lowest BCUT2D eigenvalue weighted by Gasteiger charge is -1.95. The summed E-state index contributed by atoms with van der Waals surface area (Å²) in [5.41, 5.74) is 0. The molecule has 1 aromatic rings. The first kappa shape index (κ1) is 8.66. The molecule has 0 aromatic carbocycles. The van der Waals surface area contributed by atoms with E-state index in [9.17, 15) is 8.42 Å². The van der Waals surface area contributed by atoms with Crippen LogP contribution in [-0.4, -0.2) is 13.5 Å². The largest absolute Gasteiger partial charge is 0.391 e. The quantitative estimate of drug-likeness (QED) is 0.687. The summed E-state index contributed by atoms with van der Waals surface area (Å²) in [6.07, 6.45) is 0. The summed E-state index contributed by atoms with van der Waals surface area (Å²) in [4.78, 5) is 0.400. The van der Waals surface area contributed by atoms with Gasteiger partial charge in [-0.05, 0) is 11.4 Å². The first-order chi connectivity index (χ1) is 5.05. The van der Waals surface area contributed by atoms with Gasteiger partial charge in [0.25, 0.3) is 0 Å². The lowest BCUT2D eigenvalue weighted by atomic mass is 10.5. The van der Waals surface area contributed by atoms with E-state index in [2.05, 4.69) is 0 Å². The van der Waals surface area contributed by atoms with Crippen LogP contribution in [0.1, 0.15) is 4.88 Å². The number of primary sulfonamides is 1. The van der Waals surface area contributed by atoms with E-state index in [4.69, 9.17) is 10.2 Å². The van der Waals surface area contributed by atoms with Crippen molar-refractivity contribution >= 4 is 21.4 Å². The van der Waals surface area contributed by atoms with Gasteiger partial charge in [0.1, 0.15) is 0 Å². The third-order valence-electron chi connectivity index (χ3n) is 1.15. The van der Waals surface area contributed by atoms with Crippen LogP contribution in [0.15, 0.2) is 16.3 Å². The van der Waals surface area contributed by atoms with Gasteiger partial charge < -0.3 is 5.11 Å². The maximum absolute atomic E-state index is 10.7. The van der Waals surface area contributed by atoms with Gasteiger partial charge in [0.05, 0.1) is 11.5 Å². The number of aliphatic hydroxyl groups is 1. The highest BCUT2D eigenvalue weighted by Gasteiger charge is 2.13. The average Bonchev–Trinajstić information content (AvgIpc) is 2.31. The molecule has 6 heteroatoms. The van der Waals surface area contributed by atoms with E-state index >= 15 is 0 Å². The van der Waals surface area contributed by atoms with Crippen LogP contribution in [0.5, 0.6) is 0 Å². The van der Waals surface area contributed by atoms with E-state index in [1.165, 1.54) is 17.4 Å². The van der Waals surface area contributed by atoms with Crippen molar-refractivity contribution in [2.75, 3.05) is 0 Å². The molecule has 0 fully saturated rings. The molecule has 0 radical (unpaired) electrons. The monoisotopic (exact) mass is 193 g/mol. The second kappa shape index (κ2) is 2.90. The van der Waals surface area contributed by atoms with Gasteiger partial charge in [-0.2, -0.15) is 0 Å². The van der Waals surface area contributed by atoms with Crippen molar-refractivity contribution in [1.29, 1.82) is 0 Å². The van der Waals surface area contributed by atoms with Crippen molar-refractivity contribution in [2.45, 2.75) is 11.5 Å². The molecule has 0 spiro atoms. The Labute approximate surface area is 68.3 Å². The first-order valence-corrected chi connectivity index (χ1v) is 5.18. The second-order valence-electron chi connectivity index (χ2n) is 1.91. The van der Waals surface area contributed by atoms with Gasteiger partial charge in [-0.3, -0.25) is 0 Å². The molecule has 0 aliphatic carbocycles. The van der Waals surface area contributed by atoms with Crippen LogP contribution in [0.2, 0.25) is 0 Å². The Hall–Kier alpha value is -0.430. The molecule has 0 saturated carbocycles. The summed E-state index contributed by atoms with van der Waals surface area (Å²) in [6.45, 7) is -0.288. The highest BCUT2D eigenvalue weighted by Crippen LogP contribution is 2.19. The fourth-order valence-electron chi connectivity index (χ4n) is 0.698. The highest BCUT2D eigenvalue weighted by atomic mass is 32.2. The Bertz CT molecular complexity index is 340. The van der Waals surface area contributed by atoms with Crippen LogP contribution in [0.25, 0.3) is 0 Å². The average molecular weight is 193 g/mol. The molecule has 0 amide bonds. The molecule has 0 aliphatic heterocycles. The molecule has 0 atom stereocenters. The minimum absolute atomic E-state index is 0.0185. The first-order valence-electron chi connectivity index (χ1n) is 2.75. The van der Waals surface area contributed by atoms with Crippen LogP contribution in [0.3, 0.4) is 0 Å². The summed E-state index contributed by atoms with van der Waals surface area (Å²) in [5, 5.41) is 15.1. The van der Waals surface area contributed by atoms with E-state index < -0.39 is 10.0 Å². The van der Waals surface area contributed by atoms with Crippen molar-refractivity contribution in [2.24, 2.45) is 5.14 Å². The summed E-state index contributed by atoms with van der Waals surface area (Å²) in [7, 11) is -3.65. The van der Waals surface area contributed by atoms with Crippen LogP contribution < -0.4 is 5.14 Å². The zero-order valence-electron chi connectivity index (χ0n) is 5.52. The van der Waals surface area contributed by atoms with Crippen molar-refractivity contribution in [3.8, 4) is 0 Å². The topological polar surface area (TPSA) is 80.4 Å². The van der Waals surface area contributed by atoms with Crippen molar-refractivity contribution in [1.82, 2.24) is 0 Å². The zero-order chi connectivity index (χ0) is 8.48. The molecule has 0 saturated heterocycles. The van der Waals surface area contributed by atoms with Gasteiger partial charge in [-0.1, -0.05) is 0 Å². The Morgan fingerprint density at radius 2 is 2.27 bits per heavy atom. The third kappa shape index (κ3) is 1.78. The Kier molecular flexibility index (Phi) is 2.28. The van der Waals surface area contributed by atoms with Crippen molar-refractivity contribution in [3.05, 3.63) is 16.3 Å². The van der Waals surface area contributed by atoms with Gasteiger partial charge >= 0.3 is 0 Å². The van der Waals surface area contributed by atoms with Gasteiger partial charge in [-0.15, -0.1) is 11.3 Å². The minimum atomic E-state index is -3.65. The number of rotatable bonds is 2. The Morgan fingerprint density at radius 3 is 2.64 bits per heavy atom. The van der Waals surface area contributed by atoms with Crippen molar-refractivity contribution < 1.29 is 13.5 Å². The van der Waals surface area contributed by atoms with E-state index in [0.29, 0.717) is 4.88 Å². The summed E-state index contributed by atoms with van der Waals surface area (Å²) in [6, 6.07) is 1.38. The molecule has 1 aromatic heterocycles. The molecule has 0 bridgehead atoms. The number of hydrogen-bond donors (Lipinski definition) is 2. The van der Waals surface area contributed by atoms with Crippen LogP contribution in [0, 0.1) is 0 Å². The fourth-order valence-corrected chi connectivity index (χ4v) is 2.54. The number of thiophene rings is 1. The lowest BCUT2D eigenvalue weighted by Crippen LogP contribution is -2.12. The number of aliphatic hydroxyl groups excluding tert-OH is 1. The molecular weight excluding hydrogens is 186 g/mol. The predicted octanol–water partition coefficient (Wildman–Crippen LogP) is -0.112. The SMILES string of the molecule is NS(=O)(=O)c1ccsc1CO. The molecule has 1 rings (SSSR count). The van der Waals surface area contributed by atoms with Gasteiger partial charge in [0.2, 0.25) is 10.0 Å². The molecule has 1 heterocycles. The molecule has 0 unspecified atom stereocenters. The summed E-state index contributed by atoms with van der Waals surface area (Å²) in [5.74, 6) is 0. The van der Waals surface area contributed by atoms with Crippen LogP contribution in [0.4, 0.5) is 0 Å². The second-order valence-corrected chi connectivity index (χ2v) is 4.44. The van der Waals surface area contributed by atoms with Crippen molar-refractivity contribution in [3.63, 3.8) is 0 Å². The Balaban J connectivity index is 3.24. The number of nitrogens with two attached hydrogens (primary N) is 1. The number of sulfonamides is 1. The normalized spacial score (nSPS) is 11.8. The van der Waals surface area contributed by atoms with Gasteiger partial charge in [0, 0.05) is 4.88 Å². The maximum atomic E-state index is 10.7. The third-order valence-corrected chi connectivity index (χ3v) is 3.19.